The Labute approximate surface area is 121 Å². The van der Waals surface area contributed by atoms with Gasteiger partial charge in [0, 0.05) is 39.1 Å². The van der Waals surface area contributed by atoms with Crippen LogP contribution in [0.25, 0.3) is 0 Å². The van der Waals surface area contributed by atoms with Gasteiger partial charge in [-0.3, -0.25) is 16.5 Å². The fourth-order valence-electron chi connectivity index (χ4n) is 1.72. The molecule has 0 atom stereocenters. The summed E-state index contributed by atoms with van der Waals surface area (Å²) in [4.78, 5) is 21.6. The van der Waals surface area contributed by atoms with Crippen LogP contribution in [0.5, 0.6) is 0 Å². The van der Waals surface area contributed by atoms with Crippen LogP contribution in [0.1, 0.15) is 39.0 Å². The van der Waals surface area contributed by atoms with E-state index < -0.39 is 5.97 Å². The number of hydrogen-bond donors (Lipinski definition) is 0. The van der Waals surface area contributed by atoms with Crippen molar-refractivity contribution in [3.63, 3.8) is 0 Å². The van der Waals surface area contributed by atoms with Crippen LogP contribution in [0.2, 0.25) is 0 Å². The number of hydrogen-bond acceptors (Lipinski definition) is 4. The zero-order valence-electron chi connectivity index (χ0n) is 9.61. The van der Waals surface area contributed by atoms with Crippen molar-refractivity contribution in [2.24, 2.45) is 0 Å². The summed E-state index contributed by atoms with van der Waals surface area (Å²) in [5, 5.41) is 0. The Morgan fingerprint density at radius 3 is 1.94 bits per heavy atom. The normalized spacial score (nSPS) is 24.1. The summed E-state index contributed by atoms with van der Waals surface area (Å²) < 4.78 is 10.2. The zero-order valence-corrected chi connectivity index (χ0v) is 12.4. The van der Waals surface area contributed by atoms with E-state index in [0.717, 1.165) is 25.7 Å². The number of rotatable bonds is 3. The largest absolute Gasteiger partial charge is 0.485 e. The van der Waals surface area contributed by atoms with Gasteiger partial charge >= 0.3 is 5.97 Å². The molecule has 0 N–H and O–H groups in total. The Morgan fingerprint density at radius 1 is 1.12 bits per heavy atom. The smallest absolute Gasteiger partial charge is 0.305 e. The molecule has 0 aliphatic heterocycles. The third kappa shape index (κ3) is 5.85. The molecule has 5 heteroatoms. The molecule has 1 fully saturated rings. The van der Waals surface area contributed by atoms with Crippen molar-refractivity contribution < 1.29 is 51.8 Å². The van der Waals surface area contributed by atoms with Crippen LogP contribution in [0.4, 0.5) is 0 Å². The van der Waals surface area contributed by atoms with Gasteiger partial charge in [-0.05, 0) is 25.7 Å². The Kier molecular flexibility index (Phi) is 8.03. The van der Waals surface area contributed by atoms with Crippen molar-refractivity contribution >= 4 is 11.9 Å². The maximum Gasteiger partial charge on any atom is 0.305 e. The van der Waals surface area contributed by atoms with Gasteiger partial charge in [-0.1, -0.05) is 6.92 Å². The summed E-state index contributed by atoms with van der Waals surface area (Å²) in [5.41, 5.74) is 0. The van der Waals surface area contributed by atoms with Crippen molar-refractivity contribution in [3.8, 4) is 0 Å². The molecule has 0 unspecified atom stereocenters. The molecule has 0 amide bonds. The predicted molar refractivity (Wildman–Crippen MR) is 53.9 cm³/mol. The average Bonchev–Trinajstić information content (AvgIpc) is 2.20. The third-order valence-electron chi connectivity index (χ3n) is 2.51. The molecule has 0 aromatic heterocycles. The van der Waals surface area contributed by atoms with Gasteiger partial charge in [0.15, 0.2) is 5.97 Å². The summed E-state index contributed by atoms with van der Waals surface area (Å²) in [6.45, 7) is 4.94. The first-order valence-electron chi connectivity index (χ1n) is 5.34. The molecule has 89 valence electrons. The molecule has 1 radical (unpaired) electrons. The van der Waals surface area contributed by atoms with Gasteiger partial charge in [-0.15, -0.1) is 0 Å². The van der Waals surface area contributed by atoms with Crippen molar-refractivity contribution in [1.82, 2.24) is 0 Å². The van der Waals surface area contributed by atoms with Gasteiger partial charge in [-0.25, -0.2) is 0 Å². The van der Waals surface area contributed by atoms with E-state index in [1.807, 2.05) is 0 Å². The van der Waals surface area contributed by atoms with E-state index in [9.17, 15) is 9.59 Å². The van der Waals surface area contributed by atoms with E-state index in [1.54, 1.807) is 6.92 Å². The Bertz CT molecular complexity index is 234. The maximum absolute atomic E-state index is 11.0. The number of esters is 2. The molecule has 0 bridgehead atoms. The van der Waals surface area contributed by atoms with Gasteiger partial charge in [0.05, 0.1) is 6.10 Å². The molecule has 1 saturated carbocycles. The fourth-order valence-corrected chi connectivity index (χ4v) is 1.72. The van der Waals surface area contributed by atoms with Crippen LogP contribution in [0.3, 0.4) is 0 Å². The van der Waals surface area contributed by atoms with E-state index in [4.69, 9.17) is 9.47 Å². The minimum atomic E-state index is -0.482. The van der Waals surface area contributed by atoms with Crippen molar-refractivity contribution in [1.29, 1.82) is 0 Å². The molecule has 0 aromatic carbocycles. The van der Waals surface area contributed by atoms with E-state index in [0.29, 0.717) is 6.42 Å². The van der Waals surface area contributed by atoms with Crippen LogP contribution in [0.15, 0.2) is 0 Å². The minimum absolute atomic E-state index is 0. The summed E-state index contributed by atoms with van der Waals surface area (Å²) in [6.07, 6.45) is 3.40. The average molecular weight is 302 g/mol. The summed E-state index contributed by atoms with van der Waals surface area (Å²) in [6, 6.07) is 0. The van der Waals surface area contributed by atoms with Crippen molar-refractivity contribution in [2.75, 3.05) is 0 Å². The standard InChI is InChI=1S/C11H17O4.Y/c1-3-11(13)15-10-6-4-9(5-7-10)14-8(2)12;/h9-10H,2-7H2,1H3;/q-1;. The number of ether oxygens (including phenoxy) is 2. The minimum Gasteiger partial charge on any atom is -0.485 e. The molecule has 4 nitrogen and oxygen atoms in total. The van der Waals surface area contributed by atoms with Gasteiger partial charge in [0.1, 0.15) is 6.10 Å². The molecule has 1 rings (SSSR count). The molecular formula is C11H17O4Y-. The molecule has 1 aliphatic carbocycles. The third-order valence-corrected chi connectivity index (χ3v) is 2.51. The van der Waals surface area contributed by atoms with Crippen LogP contribution in [-0.4, -0.2) is 24.1 Å². The number of carbonyl (C=O) groups is 2. The Balaban J connectivity index is 0.00000225. The predicted octanol–water partition coefficient (Wildman–Crippen LogP) is 1.63. The molecule has 0 spiro atoms. The van der Waals surface area contributed by atoms with Crippen LogP contribution in [0, 0.1) is 6.92 Å². The second kappa shape index (κ2) is 8.07. The molecule has 16 heavy (non-hydrogen) atoms. The molecule has 0 saturated heterocycles. The first-order valence-corrected chi connectivity index (χ1v) is 5.34. The van der Waals surface area contributed by atoms with Gasteiger partial charge < -0.3 is 9.47 Å². The van der Waals surface area contributed by atoms with E-state index in [-0.39, 0.29) is 50.9 Å². The summed E-state index contributed by atoms with van der Waals surface area (Å²) in [5.74, 6) is -0.642. The summed E-state index contributed by atoms with van der Waals surface area (Å²) >= 11 is 0. The molecule has 1 aliphatic rings. The van der Waals surface area contributed by atoms with E-state index >= 15 is 0 Å². The Hall–Kier alpha value is -0.0861. The maximum atomic E-state index is 11.0. The second-order valence-electron chi connectivity index (χ2n) is 3.73. The topological polar surface area (TPSA) is 52.6 Å². The van der Waals surface area contributed by atoms with Gasteiger partial charge in [-0.2, -0.15) is 0 Å². The first-order chi connectivity index (χ1) is 7.11. The van der Waals surface area contributed by atoms with Gasteiger partial charge in [0.2, 0.25) is 0 Å². The van der Waals surface area contributed by atoms with Crippen LogP contribution < -0.4 is 0 Å². The summed E-state index contributed by atoms with van der Waals surface area (Å²) in [7, 11) is 0. The second-order valence-corrected chi connectivity index (χ2v) is 3.73. The van der Waals surface area contributed by atoms with Crippen molar-refractivity contribution in [2.45, 2.75) is 51.2 Å². The van der Waals surface area contributed by atoms with Crippen molar-refractivity contribution in [3.05, 3.63) is 6.92 Å². The van der Waals surface area contributed by atoms with Crippen LogP contribution >= 0.6 is 0 Å². The first kappa shape index (κ1) is 15.9. The zero-order chi connectivity index (χ0) is 11.3. The Morgan fingerprint density at radius 2 is 1.56 bits per heavy atom. The quantitative estimate of drug-likeness (QED) is 0.587. The fraction of sp³-hybridized carbons (Fsp3) is 0.727. The van der Waals surface area contributed by atoms with E-state index in [1.165, 1.54) is 0 Å². The molecule has 0 aromatic rings. The SMILES string of the molecule is [CH2-]C(=O)OC1CCC(OC(=O)CC)CC1.[Y]. The molecular weight excluding hydrogens is 285 g/mol. The number of carbonyl (C=O) groups excluding carboxylic acids is 2. The van der Waals surface area contributed by atoms with Gasteiger partial charge in [0.25, 0.3) is 0 Å². The van der Waals surface area contributed by atoms with Crippen LogP contribution in [-0.2, 0) is 51.8 Å². The van der Waals surface area contributed by atoms with E-state index in [2.05, 4.69) is 6.92 Å². The molecule has 0 heterocycles. The monoisotopic (exact) mass is 302 g/mol.